The average molecular weight is 322 g/mol. The number of hydrogen-bond acceptors (Lipinski definition) is 3. The molecule has 5 nitrogen and oxygen atoms in total. The number of carbonyl (C=O) groups excluding carboxylic acids is 1. The van der Waals surface area contributed by atoms with Crippen molar-refractivity contribution in [3.05, 3.63) is 29.8 Å². The molecule has 1 aromatic carbocycles. The maximum absolute atomic E-state index is 12.1. The van der Waals surface area contributed by atoms with Crippen LogP contribution in [0.15, 0.2) is 24.3 Å². The molecule has 0 fully saturated rings. The first kappa shape index (κ1) is 18.4. The number of nitrogens with zero attached hydrogens (tertiary/aromatic N) is 1. The van der Waals surface area contributed by atoms with Gasteiger partial charge in [0.2, 0.25) is 0 Å². The number of thiocarbonyl (C=S) groups is 1. The Kier molecular flexibility index (Phi) is 8.47. The summed E-state index contributed by atoms with van der Waals surface area (Å²) in [6.45, 7) is 10.5. The quantitative estimate of drug-likeness (QED) is 0.640. The molecule has 0 aliphatic heterocycles. The van der Waals surface area contributed by atoms with Gasteiger partial charge >= 0.3 is 0 Å². The lowest BCUT2D eigenvalue weighted by atomic mass is 10.2. The molecule has 0 aromatic heterocycles. The topological polar surface area (TPSA) is 56.4 Å². The van der Waals surface area contributed by atoms with Crippen molar-refractivity contribution in [3.8, 4) is 0 Å². The summed E-state index contributed by atoms with van der Waals surface area (Å²) in [6.07, 6.45) is 0. The van der Waals surface area contributed by atoms with Crippen LogP contribution in [0.5, 0.6) is 0 Å². The van der Waals surface area contributed by atoms with Crippen molar-refractivity contribution in [1.29, 1.82) is 0 Å². The van der Waals surface area contributed by atoms with E-state index < -0.39 is 0 Å². The third-order valence-corrected chi connectivity index (χ3v) is 3.60. The van der Waals surface area contributed by atoms with Gasteiger partial charge in [0.1, 0.15) is 0 Å². The van der Waals surface area contributed by atoms with E-state index in [0.717, 1.165) is 31.9 Å². The van der Waals surface area contributed by atoms with Gasteiger partial charge in [0, 0.05) is 30.9 Å². The SMILES string of the molecule is CCNC(=S)Nc1ccc(C(=O)NCCN(CC)CC)cc1. The van der Waals surface area contributed by atoms with E-state index in [9.17, 15) is 4.79 Å². The molecule has 0 bridgehead atoms. The minimum absolute atomic E-state index is 0.0482. The fourth-order valence-electron chi connectivity index (χ4n) is 2.01. The first-order chi connectivity index (χ1) is 10.6. The molecule has 3 N–H and O–H groups in total. The third kappa shape index (κ3) is 6.41. The Morgan fingerprint density at radius 1 is 1.09 bits per heavy atom. The summed E-state index contributed by atoms with van der Waals surface area (Å²) in [5.74, 6) is -0.0482. The van der Waals surface area contributed by atoms with Gasteiger partial charge < -0.3 is 20.9 Å². The molecule has 1 aromatic rings. The highest BCUT2D eigenvalue weighted by Crippen LogP contribution is 2.09. The molecular formula is C16H26N4OS. The van der Waals surface area contributed by atoms with Crippen molar-refractivity contribution in [2.45, 2.75) is 20.8 Å². The summed E-state index contributed by atoms with van der Waals surface area (Å²) in [4.78, 5) is 14.3. The van der Waals surface area contributed by atoms with E-state index in [1.54, 1.807) is 12.1 Å². The van der Waals surface area contributed by atoms with Crippen molar-refractivity contribution in [2.24, 2.45) is 0 Å². The van der Waals surface area contributed by atoms with Crippen LogP contribution in [0, 0.1) is 0 Å². The van der Waals surface area contributed by atoms with Gasteiger partial charge in [0.05, 0.1) is 0 Å². The van der Waals surface area contributed by atoms with E-state index in [-0.39, 0.29) is 5.91 Å². The highest BCUT2D eigenvalue weighted by atomic mass is 32.1. The van der Waals surface area contributed by atoms with Crippen molar-refractivity contribution in [2.75, 3.05) is 38.0 Å². The summed E-state index contributed by atoms with van der Waals surface area (Å²) in [6, 6.07) is 7.29. The van der Waals surface area contributed by atoms with Gasteiger partial charge in [0.25, 0.3) is 5.91 Å². The number of likely N-dealkylation sites (N-methyl/N-ethyl adjacent to an activating group) is 1. The van der Waals surface area contributed by atoms with Crippen LogP contribution in [0.2, 0.25) is 0 Å². The molecular weight excluding hydrogens is 296 g/mol. The lowest BCUT2D eigenvalue weighted by Gasteiger charge is -2.18. The van der Waals surface area contributed by atoms with Gasteiger partial charge in [-0.15, -0.1) is 0 Å². The Morgan fingerprint density at radius 3 is 2.27 bits per heavy atom. The zero-order valence-corrected chi connectivity index (χ0v) is 14.4. The van der Waals surface area contributed by atoms with Gasteiger partial charge in [-0.25, -0.2) is 0 Å². The molecule has 0 atom stereocenters. The smallest absolute Gasteiger partial charge is 0.251 e. The third-order valence-electron chi connectivity index (χ3n) is 3.35. The number of amides is 1. The van der Waals surface area contributed by atoms with E-state index in [1.165, 1.54) is 0 Å². The summed E-state index contributed by atoms with van der Waals surface area (Å²) < 4.78 is 0. The number of hydrogen-bond donors (Lipinski definition) is 3. The summed E-state index contributed by atoms with van der Waals surface area (Å²) in [5, 5.41) is 9.60. The lowest BCUT2D eigenvalue weighted by molar-refractivity contribution is 0.0949. The highest BCUT2D eigenvalue weighted by molar-refractivity contribution is 7.80. The summed E-state index contributed by atoms with van der Waals surface area (Å²) in [7, 11) is 0. The summed E-state index contributed by atoms with van der Waals surface area (Å²) in [5.41, 5.74) is 1.52. The molecule has 22 heavy (non-hydrogen) atoms. The molecule has 0 spiro atoms. The zero-order valence-electron chi connectivity index (χ0n) is 13.6. The van der Waals surface area contributed by atoms with Gasteiger partial charge in [-0.05, 0) is 56.5 Å². The van der Waals surface area contributed by atoms with Crippen molar-refractivity contribution in [3.63, 3.8) is 0 Å². The second kappa shape index (κ2) is 10.1. The number of carbonyl (C=O) groups is 1. The number of rotatable bonds is 8. The van der Waals surface area contributed by atoms with E-state index in [2.05, 4.69) is 34.7 Å². The van der Waals surface area contributed by atoms with Crippen LogP contribution in [0.25, 0.3) is 0 Å². The molecule has 122 valence electrons. The van der Waals surface area contributed by atoms with Gasteiger partial charge in [-0.1, -0.05) is 13.8 Å². The number of anilines is 1. The first-order valence-corrected chi connectivity index (χ1v) is 8.16. The van der Waals surface area contributed by atoms with Crippen LogP contribution < -0.4 is 16.0 Å². The monoisotopic (exact) mass is 322 g/mol. The first-order valence-electron chi connectivity index (χ1n) is 7.76. The molecule has 0 heterocycles. The Labute approximate surface area is 138 Å². The molecule has 0 aliphatic carbocycles. The van der Waals surface area contributed by atoms with Gasteiger partial charge in [0.15, 0.2) is 5.11 Å². The number of benzene rings is 1. The minimum atomic E-state index is -0.0482. The maximum Gasteiger partial charge on any atom is 0.251 e. The molecule has 0 aliphatic rings. The normalized spacial score (nSPS) is 10.4. The van der Waals surface area contributed by atoms with Crippen LogP contribution in [-0.4, -0.2) is 48.6 Å². The van der Waals surface area contributed by atoms with Crippen molar-refractivity contribution >= 4 is 28.9 Å². The van der Waals surface area contributed by atoms with Crippen LogP contribution in [0.1, 0.15) is 31.1 Å². The highest BCUT2D eigenvalue weighted by Gasteiger charge is 2.06. The van der Waals surface area contributed by atoms with Crippen LogP contribution >= 0.6 is 12.2 Å². The molecule has 1 rings (SSSR count). The molecule has 0 saturated carbocycles. The fourth-order valence-corrected chi connectivity index (χ4v) is 2.27. The van der Waals surface area contributed by atoms with Crippen LogP contribution in [-0.2, 0) is 0 Å². The van der Waals surface area contributed by atoms with E-state index in [1.807, 2.05) is 19.1 Å². The van der Waals surface area contributed by atoms with E-state index in [4.69, 9.17) is 12.2 Å². The van der Waals surface area contributed by atoms with E-state index >= 15 is 0 Å². The largest absolute Gasteiger partial charge is 0.363 e. The second-order valence-electron chi connectivity index (χ2n) is 4.84. The maximum atomic E-state index is 12.1. The van der Waals surface area contributed by atoms with E-state index in [0.29, 0.717) is 17.2 Å². The predicted octanol–water partition coefficient (Wildman–Crippen LogP) is 2.06. The molecule has 0 unspecified atom stereocenters. The molecule has 6 heteroatoms. The van der Waals surface area contributed by atoms with Crippen LogP contribution in [0.3, 0.4) is 0 Å². The Balaban J connectivity index is 2.45. The zero-order chi connectivity index (χ0) is 16.4. The Hall–Kier alpha value is -1.66. The predicted molar refractivity (Wildman–Crippen MR) is 96.5 cm³/mol. The number of nitrogens with one attached hydrogen (secondary N) is 3. The Bertz CT molecular complexity index is 472. The standard InChI is InChI=1S/C16H26N4OS/c1-4-17-16(22)19-14-9-7-13(8-10-14)15(21)18-11-12-20(5-2)6-3/h7-10H,4-6,11-12H2,1-3H3,(H,18,21)(H2,17,19,22). The molecule has 1 amide bonds. The molecule has 0 saturated heterocycles. The summed E-state index contributed by atoms with van der Waals surface area (Å²) >= 11 is 5.12. The van der Waals surface area contributed by atoms with Crippen molar-refractivity contribution in [1.82, 2.24) is 15.5 Å². The minimum Gasteiger partial charge on any atom is -0.363 e. The van der Waals surface area contributed by atoms with Gasteiger partial charge in [-0.2, -0.15) is 0 Å². The van der Waals surface area contributed by atoms with Gasteiger partial charge in [-0.3, -0.25) is 4.79 Å². The fraction of sp³-hybridized carbons (Fsp3) is 0.500. The Morgan fingerprint density at radius 2 is 1.73 bits per heavy atom. The second-order valence-corrected chi connectivity index (χ2v) is 5.25. The van der Waals surface area contributed by atoms with Crippen LogP contribution in [0.4, 0.5) is 5.69 Å². The van der Waals surface area contributed by atoms with Crippen molar-refractivity contribution < 1.29 is 4.79 Å². The average Bonchev–Trinajstić information content (AvgIpc) is 2.52. The molecule has 0 radical (unpaired) electrons. The lowest BCUT2D eigenvalue weighted by Crippen LogP contribution is -2.34.